The summed E-state index contributed by atoms with van der Waals surface area (Å²) in [5, 5.41) is 0. The Kier molecular flexibility index (Phi) is 6.08. The second-order valence-corrected chi connectivity index (χ2v) is 7.09. The lowest BCUT2D eigenvalue weighted by Gasteiger charge is -2.54. The molecule has 1 heterocycles. The molecule has 132 valence electrons. The first-order valence-corrected chi connectivity index (χ1v) is 7.93. The van der Waals surface area contributed by atoms with Gasteiger partial charge in [0.15, 0.2) is 0 Å². The number of hydrogen-bond donors (Lipinski definition) is 0. The first-order chi connectivity index (χ1) is 10.5. The summed E-state index contributed by atoms with van der Waals surface area (Å²) in [6, 6.07) is 0. The Labute approximate surface area is 138 Å². The molecular weight excluding hydrogens is 298 g/mol. The van der Waals surface area contributed by atoms with Crippen molar-refractivity contribution in [1.82, 2.24) is 4.90 Å². The van der Waals surface area contributed by atoms with E-state index >= 15 is 0 Å². The number of piperidine rings is 1. The van der Waals surface area contributed by atoms with Crippen LogP contribution in [0, 0.1) is 0 Å². The maximum Gasteiger partial charge on any atom is 0.410 e. The number of hydrogen-bond acceptors (Lipinski definition) is 5. The van der Waals surface area contributed by atoms with Gasteiger partial charge in [0.2, 0.25) is 0 Å². The number of ether oxygens (including phenoxy) is 3. The van der Waals surface area contributed by atoms with Crippen molar-refractivity contribution >= 4 is 12.1 Å². The predicted molar refractivity (Wildman–Crippen MR) is 86.9 cm³/mol. The van der Waals surface area contributed by atoms with Crippen LogP contribution in [0.1, 0.15) is 54.4 Å². The maximum absolute atomic E-state index is 12.3. The van der Waals surface area contributed by atoms with Crippen molar-refractivity contribution in [2.45, 2.75) is 71.6 Å². The molecule has 1 aliphatic heterocycles. The lowest BCUT2D eigenvalue weighted by Crippen LogP contribution is -2.64. The van der Waals surface area contributed by atoms with Crippen LogP contribution in [0.15, 0.2) is 11.8 Å². The molecule has 0 unspecified atom stereocenters. The summed E-state index contributed by atoms with van der Waals surface area (Å²) < 4.78 is 15.7. The van der Waals surface area contributed by atoms with Gasteiger partial charge in [0.1, 0.15) is 11.9 Å². The van der Waals surface area contributed by atoms with Crippen molar-refractivity contribution in [1.29, 1.82) is 0 Å². The summed E-state index contributed by atoms with van der Waals surface area (Å²) >= 11 is 0. The van der Waals surface area contributed by atoms with Gasteiger partial charge in [-0.2, -0.15) is 0 Å². The number of allylic oxidation sites excluding steroid dienone is 1. The van der Waals surface area contributed by atoms with Crippen LogP contribution in [-0.4, -0.2) is 47.9 Å². The van der Waals surface area contributed by atoms with Crippen molar-refractivity contribution in [3.05, 3.63) is 11.8 Å². The molecule has 23 heavy (non-hydrogen) atoms. The Balaban J connectivity index is 2.91. The molecule has 1 saturated heterocycles. The number of carbonyl (C=O) groups excluding carboxylic acids is 2. The van der Waals surface area contributed by atoms with Gasteiger partial charge in [-0.3, -0.25) is 4.90 Å². The first-order valence-electron chi connectivity index (χ1n) is 7.93. The van der Waals surface area contributed by atoms with Gasteiger partial charge in [0, 0.05) is 23.9 Å². The molecule has 0 atom stereocenters. The normalized spacial score (nSPS) is 20.8. The maximum atomic E-state index is 12.3. The van der Waals surface area contributed by atoms with Gasteiger partial charge in [0.25, 0.3) is 0 Å². The monoisotopic (exact) mass is 327 g/mol. The van der Waals surface area contributed by atoms with Crippen LogP contribution in [0.25, 0.3) is 0 Å². The third kappa shape index (κ3) is 4.88. The molecule has 0 radical (unpaired) electrons. The summed E-state index contributed by atoms with van der Waals surface area (Å²) in [4.78, 5) is 25.4. The molecule has 0 aliphatic carbocycles. The van der Waals surface area contributed by atoms with E-state index in [0.717, 1.165) is 0 Å². The molecule has 1 aliphatic rings. The van der Waals surface area contributed by atoms with Gasteiger partial charge in [-0.15, -0.1) is 0 Å². The van der Waals surface area contributed by atoms with Gasteiger partial charge in [-0.05, 0) is 41.5 Å². The first kappa shape index (κ1) is 19.3. The van der Waals surface area contributed by atoms with E-state index in [1.54, 1.807) is 18.7 Å². The molecule has 0 saturated carbocycles. The fraction of sp³-hybridized carbons (Fsp3) is 0.765. The number of nitrogens with zero attached hydrogens (tertiary/aromatic N) is 1. The fourth-order valence-electron chi connectivity index (χ4n) is 3.48. The zero-order chi connectivity index (χ0) is 17.8. The third-order valence-electron chi connectivity index (χ3n) is 3.99. The third-order valence-corrected chi connectivity index (χ3v) is 3.99. The van der Waals surface area contributed by atoms with Crippen molar-refractivity contribution in [3.8, 4) is 0 Å². The Morgan fingerprint density at radius 3 is 2.13 bits per heavy atom. The second-order valence-electron chi connectivity index (χ2n) is 7.09. The number of carbonyl (C=O) groups is 2. The quantitative estimate of drug-likeness (QED) is 0.450. The van der Waals surface area contributed by atoms with Gasteiger partial charge in [-0.25, -0.2) is 9.59 Å². The van der Waals surface area contributed by atoms with E-state index in [0.29, 0.717) is 25.2 Å². The molecule has 0 aromatic heterocycles. The highest BCUT2D eigenvalue weighted by Gasteiger charge is 2.49. The van der Waals surface area contributed by atoms with Crippen LogP contribution in [0.4, 0.5) is 4.79 Å². The molecule has 0 N–H and O–H groups in total. The average molecular weight is 327 g/mol. The molecule has 1 fully saturated rings. The number of methoxy groups -OCH3 is 1. The lowest BCUT2D eigenvalue weighted by atomic mass is 9.78. The van der Waals surface area contributed by atoms with Gasteiger partial charge in [-0.1, -0.05) is 0 Å². The van der Waals surface area contributed by atoms with Gasteiger partial charge < -0.3 is 14.2 Å². The van der Waals surface area contributed by atoms with Crippen LogP contribution in [-0.2, 0) is 19.0 Å². The minimum Gasteiger partial charge on any atom is -0.495 e. The van der Waals surface area contributed by atoms with Crippen molar-refractivity contribution in [3.63, 3.8) is 0 Å². The van der Waals surface area contributed by atoms with Crippen LogP contribution < -0.4 is 0 Å². The van der Waals surface area contributed by atoms with Crippen LogP contribution in [0.3, 0.4) is 0 Å². The SMILES string of the molecule is CCOC(=O)N1C(C)(C)CC(O/C(C)=C\C(=O)OC)CC1(C)C. The highest BCUT2D eigenvalue weighted by atomic mass is 16.6. The Hall–Kier alpha value is -1.72. The highest BCUT2D eigenvalue weighted by molar-refractivity contribution is 5.82. The second kappa shape index (κ2) is 7.23. The van der Waals surface area contributed by atoms with Crippen LogP contribution >= 0.6 is 0 Å². The van der Waals surface area contributed by atoms with Crippen LogP contribution in [0.2, 0.25) is 0 Å². The molecule has 0 spiro atoms. The van der Waals surface area contributed by atoms with Crippen molar-refractivity contribution < 1.29 is 23.8 Å². The molecule has 0 bridgehead atoms. The van der Waals surface area contributed by atoms with E-state index in [-0.39, 0.29) is 12.2 Å². The van der Waals surface area contributed by atoms with E-state index in [9.17, 15) is 9.59 Å². The molecule has 6 nitrogen and oxygen atoms in total. The molecule has 1 rings (SSSR count). The Bertz CT molecular complexity index is 463. The Morgan fingerprint density at radius 1 is 1.17 bits per heavy atom. The molecular formula is C17H29NO5. The summed E-state index contributed by atoms with van der Waals surface area (Å²) in [6.45, 7) is 11.9. The molecule has 1 amide bonds. The van der Waals surface area contributed by atoms with E-state index in [1.165, 1.54) is 13.2 Å². The van der Waals surface area contributed by atoms with Crippen LogP contribution in [0.5, 0.6) is 0 Å². The average Bonchev–Trinajstić information content (AvgIpc) is 2.35. The van der Waals surface area contributed by atoms with E-state index in [1.807, 2.05) is 27.7 Å². The Morgan fingerprint density at radius 2 is 1.70 bits per heavy atom. The fourth-order valence-corrected chi connectivity index (χ4v) is 3.48. The zero-order valence-electron chi connectivity index (χ0n) is 15.3. The zero-order valence-corrected chi connectivity index (χ0v) is 15.3. The lowest BCUT2D eigenvalue weighted by molar-refractivity contribution is -0.135. The van der Waals surface area contributed by atoms with Gasteiger partial charge >= 0.3 is 12.1 Å². The largest absolute Gasteiger partial charge is 0.495 e. The van der Waals surface area contributed by atoms with E-state index in [4.69, 9.17) is 9.47 Å². The van der Waals surface area contributed by atoms with Crippen molar-refractivity contribution in [2.75, 3.05) is 13.7 Å². The topological polar surface area (TPSA) is 65.1 Å². The number of esters is 1. The molecule has 6 heteroatoms. The smallest absolute Gasteiger partial charge is 0.410 e. The molecule has 0 aromatic rings. The minimum atomic E-state index is -0.440. The highest BCUT2D eigenvalue weighted by Crippen LogP contribution is 2.40. The van der Waals surface area contributed by atoms with Crippen molar-refractivity contribution in [2.24, 2.45) is 0 Å². The standard InChI is InChI=1S/C17H29NO5/c1-8-22-15(20)18-16(3,4)10-13(11-17(18,5)6)23-12(2)9-14(19)21-7/h9,13H,8,10-11H2,1-7H3/b12-9-. The van der Waals surface area contributed by atoms with E-state index < -0.39 is 17.0 Å². The summed E-state index contributed by atoms with van der Waals surface area (Å²) in [7, 11) is 1.33. The van der Waals surface area contributed by atoms with E-state index in [2.05, 4.69) is 4.74 Å². The summed E-state index contributed by atoms with van der Waals surface area (Å²) in [6.07, 6.45) is 2.25. The predicted octanol–water partition coefficient (Wildman–Crippen LogP) is 3.26. The summed E-state index contributed by atoms with van der Waals surface area (Å²) in [5.74, 6) is 0.0722. The molecule has 0 aromatic carbocycles. The summed E-state index contributed by atoms with van der Waals surface area (Å²) in [5.41, 5.74) is -0.825. The number of amides is 1. The number of rotatable bonds is 4. The number of likely N-dealkylation sites (tertiary alicyclic amines) is 1. The minimum absolute atomic E-state index is 0.0911. The van der Waals surface area contributed by atoms with Gasteiger partial charge in [0.05, 0.1) is 19.8 Å².